The Kier molecular flexibility index (Phi) is 7.18. The Balaban J connectivity index is 1.60. The molecule has 0 aliphatic rings. The predicted octanol–water partition coefficient (Wildman–Crippen LogP) is 6.38. The third-order valence-electron chi connectivity index (χ3n) is 5.58. The first kappa shape index (κ1) is 21.5. The van der Waals surface area contributed by atoms with Crippen molar-refractivity contribution in [1.29, 1.82) is 0 Å². The standard InChI is InChI=1S/C27H29NO2/c1-4-21(22-12-10-19(2)11-13-22)18-20(3)27(30)28-25-16-14-24(15-17-25)26(29)23-8-6-5-7-9-23/h5-17,20-21H,4,18H2,1-3H3,(H,28,30). The van der Waals surface area contributed by atoms with Gasteiger partial charge in [0.2, 0.25) is 5.91 Å². The first-order valence-corrected chi connectivity index (χ1v) is 10.5. The Morgan fingerprint density at radius 1 is 0.833 bits per heavy atom. The van der Waals surface area contributed by atoms with Crippen LogP contribution in [0, 0.1) is 12.8 Å². The average molecular weight is 400 g/mol. The van der Waals surface area contributed by atoms with Crippen molar-refractivity contribution in [2.45, 2.75) is 39.5 Å². The Bertz CT molecular complexity index is 976. The van der Waals surface area contributed by atoms with E-state index in [0.29, 0.717) is 22.7 Å². The highest BCUT2D eigenvalue weighted by Gasteiger charge is 2.19. The molecule has 0 bridgehead atoms. The number of carbonyl (C=O) groups excluding carboxylic acids is 2. The van der Waals surface area contributed by atoms with Gasteiger partial charge in [0, 0.05) is 22.7 Å². The molecular weight excluding hydrogens is 370 g/mol. The highest BCUT2D eigenvalue weighted by Crippen LogP contribution is 2.28. The fraction of sp³-hybridized carbons (Fsp3) is 0.259. The van der Waals surface area contributed by atoms with E-state index < -0.39 is 0 Å². The van der Waals surface area contributed by atoms with Gasteiger partial charge in [0.1, 0.15) is 0 Å². The minimum atomic E-state index is -0.109. The number of benzene rings is 3. The molecule has 1 N–H and O–H groups in total. The quantitative estimate of drug-likeness (QED) is 0.446. The lowest BCUT2D eigenvalue weighted by atomic mass is 9.87. The van der Waals surface area contributed by atoms with Crippen molar-refractivity contribution in [1.82, 2.24) is 0 Å². The van der Waals surface area contributed by atoms with Gasteiger partial charge in [-0.25, -0.2) is 0 Å². The zero-order valence-electron chi connectivity index (χ0n) is 17.9. The minimum absolute atomic E-state index is 0.00250. The number of amides is 1. The van der Waals surface area contributed by atoms with Crippen molar-refractivity contribution >= 4 is 17.4 Å². The molecule has 3 aromatic rings. The molecule has 0 aromatic heterocycles. The fourth-order valence-electron chi connectivity index (χ4n) is 3.64. The summed E-state index contributed by atoms with van der Waals surface area (Å²) in [6.45, 7) is 6.22. The maximum absolute atomic E-state index is 12.7. The third kappa shape index (κ3) is 5.44. The highest BCUT2D eigenvalue weighted by atomic mass is 16.2. The van der Waals surface area contributed by atoms with Crippen LogP contribution in [0.3, 0.4) is 0 Å². The van der Waals surface area contributed by atoms with Gasteiger partial charge in [-0.1, -0.05) is 74.0 Å². The average Bonchev–Trinajstić information content (AvgIpc) is 2.78. The first-order chi connectivity index (χ1) is 14.5. The monoisotopic (exact) mass is 399 g/mol. The maximum atomic E-state index is 12.7. The number of nitrogens with one attached hydrogen (secondary N) is 1. The largest absolute Gasteiger partial charge is 0.326 e. The van der Waals surface area contributed by atoms with Crippen molar-refractivity contribution in [3.05, 3.63) is 101 Å². The second-order valence-electron chi connectivity index (χ2n) is 7.91. The summed E-state index contributed by atoms with van der Waals surface area (Å²) in [7, 11) is 0. The molecule has 0 saturated heterocycles. The molecule has 2 atom stereocenters. The summed E-state index contributed by atoms with van der Waals surface area (Å²) < 4.78 is 0. The summed E-state index contributed by atoms with van der Waals surface area (Å²) >= 11 is 0. The zero-order chi connectivity index (χ0) is 21.5. The van der Waals surface area contributed by atoms with Crippen molar-refractivity contribution in [2.24, 2.45) is 5.92 Å². The van der Waals surface area contributed by atoms with E-state index in [1.807, 2.05) is 25.1 Å². The van der Waals surface area contributed by atoms with Crippen molar-refractivity contribution in [2.75, 3.05) is 5.32 Å². The molecule has 0 aliphatic carbocycles. The molecule has 3 heteroatoms. The molecular formula is C27H29NO2. The van der Waals surface area contributed by atoms with Gasteiger partial charge in [-0.05, 0) is 55.5 Å². The van der Waals surface area contributed by atoms with E-state index in [1.54, 1.807) is 36.4 Å². The molecule has 154 valence electrons. The molecule has 2 unspecified atom stereocenters. The van der Waals surface area contributed by atoms with Crippen molar-refractivity contribution < 1.29 is 9.59 Å². The Morgan fingerprint density at radius 2 is 1.43 bits per heavy atom. The lowest BCUT2D eigenvalue weighted by Crippen LogP contribution is -2.22. The van der Waals surface area contributed by atoms with E-state index in [0.717, 1.165) is 12.8 Å². The van der Waals surface area contributed by atoms with Crippen LogP contribution < -0.4 is 5.32 Å². The molecule has 3 aromatic carbocycles. The number of aryl methyl sites for hydroxylation is 1. The van der Waals surface area contributed by atoms with E-state index in [1.165, 1.54) is 11.1 Å². The topological polar surface area (TPSA) is 46.2 Å². The van der Waals surface area contributed by atoms with Crippen LogP contribution in [0.5, 0.6) is 0 Å². The number of carbonyl (C=O) groups is 2. The van der Waals surface area contributed by atoms with Crippen LogP contribution in [-0.2, 0) is 4.79 Å². The molecule has 0 spiro atoms. The van der Waals surface area contributed by atoms with Gasteiger partial charge < -0.3 is 5.32 Å². The SMILES string of the molecule is CCC(CC(C)C(=O)Nc1ccc(C(=O)c2ccccc2)cc1)c1ccc(C)cc1. The molecule has 0 radical (unpaired) electrons. The van der Waals surface area contributed by atoms with Crippen LogP contribution >= 0.6 is 0 Å². The molecule has 30 heavy (non-hydrogen) atoms. The normalized spacial score (nSPS) is 12.8. The van der Waals surface area contributed by atoms with Gasteiger partial charge >= 0.3 is 0 Å². The number of hydrogen-bond acceptors (Lipinski definition) is 2. The van der Waals surface area contributed by atoms with E-state index in [-0.39, 0.29) is 17.6 Å². The van der Waals surface area contributed by atoms with E-state index >= 15 is 0 Å². The Morgan fingerprint density at radius 3 is 2.03 bits per heavy atom. The van der Waals surface area contributed by atoms with Crippen molar-refractivity contribution in [3.63, 3.8) is 0 Å². The van der Waals surface area contributed by atoms with Crippen LogP contribution in [-0.4, -0.2) is 11.7 Å². The lowest BCUT2D eigenvalue weighted by molar-refractivity contribution is -0.119. The van der Waals surface area contributed by atoms with Crippen LogP contribution in [0.25, 0.3) is 0 Å². The van der Waals surface area contributed by atoms with Gasteiger partial charge in [0.25, 0.3) is 0 Å². The van der Waals surface area contributed by atoms with Crippen LogP contribution in [0.2, 0.25) is 0 Å². The minimum Gasteiger partial charge on any atom is -0.326 e. The summed E-state index contributed by atoms with van der Waals surface area (Å²) in [6, 6.07) is 24.9. The second kappa shape index (κ2) is 10.0. The van der Waals surface area contributed by atoms with E-state index in [2.05, 4.69) is 43.4 Å². The van der Waals surface area contributed by atoms with Gasteiger partial charge in [0.15, 0.2) is 5.78 Å². The van der Waals surface area contributed by atoms with Gasteiger partial charge in [0.05, 0.1) is 0 Å². The van der Waals surface area contributed by atoms with Gasteiger partial charge in [-0.15, -0.1) is 0 Å². The van der Waals surface area contributed by atoms with Crippen LogP contribution in [0.1, 0.15) is 59.7 Å². The third-order valence-corrected chi connectivity index (χ3v) is 5.58. The van der Waals surface area contributed by atoms with Gasteiger partial charge in [-0.3, -0.25) is 9.59 Å². The molecule has 3 nitrogen and oxygen atoms in total. The van der Waals surface area contributed by atoms with Crippen LogP contribution in [0.4, 0.5) is 5.69 Å². The lowest BCUT2D eigenvalue weighted by Gasteiger charge is -2.20. The highest BCUT2D eigenvalue weighted by molar-refractivity contribution is 6.09. The first-order valence-electron chi connectivity index (χ1n) is 10.5. The molecule has 0 aliphatic heterocycles. The van der Waals surface area contributed by atoms with Gasteiger partial charge in [-0.2, -0.15) is 0 Å². The van der Waals surface area contributed by atoms with Crippen LogP contribution in [0.15, 0.2) is 78.9 Å². The summed E-state index contributed by atoms with van der Waals surface area (Å²) in [4.78, 5) is 25.2. The summed E-state index contributed by atoms with van der Waals surface area (Å²) in [6.07, 6.45) is 1.80. The predicted molar refractivity (Wildman–Crippen MR) is 123 cm³/mol. The van der Waals surface area contributed by atoms with E-state index in [4.69, 9.17) is 0 Å². The number of anilines is 1. The maximum Gasteiger partial charge on any atom is 0.227 e. The second-order valence-corrected chi connectivity index (χ2v) is 7.91. The fourth-order valence-corrected chi connectivity index (χ4v) is 3.64. The Labute approximate surface area is 179 Å². The number of rotatable bonds is 8. The number of hydrogen-bond donors (Lipinski definition) is 1. The molecule has 3 rings (SSSR count). The van der Waals surface area contributed by atoms with Crippen molar-refractivity contribution in [3.8, 4) is 0 Å². The molecule has 0 fully saturated rings. The number of ketones is 1. The zero-order valence-corrected chi connectivity index (χ0v) is 17.9. The summed E-state index contributed by atoms with van der Waals surface area (Å²) in [5.41, 5.74) is 4.50. The molecule has 0 saturated carbocycles. The smallest absolute Gasteiger partial charge is 0.227 e. The summed E-state index contributed by atoms with van der Waals surface area (Å²) in [5.74, 6) is 0.229. The van der Waals surface area contributed by atoms with E-state index in [9.17, 15) is 9.59 Å². The Hall–Kier alpha value is -3.20. The molecule has 1 amide bonds. The molecule has 0 heterocycles. The summed E-state index contributed by atoms with van der Waals surface area (Å²) in [5, 5.41) is 2.99.